The fourth-order valence-electron chi connectivity index (χ4n) is 9.12. The van der Waals surface area contributed by atoms with Crippen LogP contribution in [0.2, 0.25) is 0 Å². The van der Waals surface area contributed by atoms with Gasteiger partial charge in [0.05, 0.1) is 5.69 Å². The van der Waals surface area contributed by atoms with Gasteiger partial charge in [0.25, 0.3) is 0 Å². The van der Waals surface area contributed by atoms with E-state index in [2.05, 4.69) is 207 Å². The Morgan fingerprint density at radius 2 is 1.09 bits per heavy atom. The normalized spacial score (nSPS) is 13.1. The van der Waals surface area contributed by atoms with Crippen LogP contribution in [0.1, 0.15) is 25.0 Å². The van der Waals surface area contributed by atoms with E-state index in [0.29, 0.717) is 0 Å². The van der Waals surface area contributed by atoms with Gasteiger partial charge in [0.1, 0.15) is 11.2 Å². The lowest BCUT2D eigenvalue weighted by Gasteiger charge is -2.29. The molecule has 2 nitrogen and oxygen atoms in total. The third-order valence-corrected chi connectivity index (χ3v) is 11.8. The van der Waals surface area contributed by atoms with Crippen LogP contribution in [0.5, 0.6) is 0 Å². The van der Waals surface area contributed by atoms with Gasteiger partial charge in [-0.05, 0) is 104 Å². The van der Waals surface area contributed by atoms with E-state index in [1.54, 1.807) is 0 Å². The molecule has 55 heavy (non-hydrogen) atoms. The highest BCUT2D eigenvalue weighted by Crippen LogP contribution is 2.51. The van der Waals surface area contributed by atoms with E-state index in [1.807, 2.05) is 0 Å². The highest BCUT2D eigenvalue weighted by molar-refractivity contribution is 6.19. The van der Waals surface area contributed by atoms with Gasteiger partial charge in [-0.2, -0.15) is 0 Å². The summed E-state index contributed by atoms with van der Waals surface area (Å²) < 4.78 is 6.63. The van der Waals surface area contributed by atoms with E-state index >= 15 is 0 Å². The molecule has 9 aromatic carbocycles. The molecule has 0 spiro atoms. The summed E-state index contributed by atoms with van der Waals surface area (Å²) in [6.45, 7) is 4.71. The van der Waals surface area contributed by atoms with Crippen molar-refractivity contribution in [2.24, 2.45) is 0 Å². The van der Waals surface area contributed by atoms with E-state index < -0.39 is 0 Å². The van der Waals surface area contributed by atoms with Crippen molar-refractivity contribution in [3.05, 3.63) is 199 Å². The molecular weight excluding hydrogens is 667 g/mol. The van der Waals surface area contributed by atoms with Gasteiger partial charge >= 0.3 is 0 Å². The summed E-state index contributed by atoms with van der Waals surface area (Å²) in [5.74, 6) is 0. The summed E-state index contributed by atoms with van der Waals surface area (Å²) in [6.07, 6.45) is 0. The average Bonchev–Trinajstić information content (AvgIpc) is 3.72. The first kappa shape index (κ1) is 31.6. The van der Waals surface area contributed by atoms with Crippen LogP contribution in [0.15, 0.2) is 192 Å². The lowest BCUT2D eigenvalue weighted by Crippen LogP contribution is -2.16. The molecule has 1 heterocycles. The quantitative estimate of drug-likeness (QED) is 0.177. The molecule has 11 rings (SSSR count). The van der Waals surface area contributed by atoms with Crippen LogP contribution in [0, 0.1) is 0 Å². The monoisotopic (exact) mass is 703 g/mol. The van der Waals surface area contributed by atoms with Crippen LogP contribution in [0.25, 0.3) is 76.9 Å². The Kier molecular flexibility index (Phi) is 6.93. The van der Waals surface area contributed by atoms with Crippen LogP contribution in [-0.2, 0) is 5.41 Å². The first-order valence-corrected chi connectivity index (χ1v) is 19.1. The summed E-state index contributed by atoms with van der Waals surface area (Å²) in [6, 6.07) is 68.5. The SMILES string of the molecule is CC1(C)c2ccccc2-c2ccc(N(c3cccc(-c4cc5c6cc(-c7ccccc7)ccc6oc5c5ccccc45)c3)c3cccc4ccccc34)cc21. The van der Waals surface area contributed by atoms with Crippen molar-refractivity contribution >= 4 is 60.5 Å². The molecular formula is C53H37NO. The smallest absolute Gasteiger partial charge is 0.143 e. The molecule has 0 fully saturated rings. The summed E-state index contributed by atoms with van der Waals surface area (Å²) in [5, 5.41) is 6.96. The predicted molar refractivity (Wildman–Crippen MR) is 232 cm³/mol. The third kappa shape index (κ3) is 4.88. The second-order valence-electron chi connectivity index (χ2n) is 15.3. The zero-order chi connectivity index (χ0) is 36.7. The predicted octanol–water partition coefficient (Wildman–Crippen LogP) is 15.0. The molecule has 0 atom stereocenters. The standard InChI is InChI=1S/C53H37NO/c1-53(2)48-24-11-10-22-42(48)43-28-27-39(32-49(43)53)54(50-25-13-17-35-16-6-7-20-40(35)50)38-19-12-18-37(30-38)45-33-47-46-31-36(34-14-4-3-5-15-34)26-29-51(46)55-52(47)44-23-9-8-21-41(44)45/h3-33H,1-2H3. The van der Waals surface area contributed by atoms with E-state index in [9.17, 15) is 0 Å². The maximum Gasteiger partial charge on any atom is 0.143 e. The van der Waals surface area contributed by atoms with Crippen molar-refractivity contribution in [1.82, 2.24) is 0 Å². The van der Waals surface area contributed by atoms with E-state index in [-0.39, 0.29) is 5.41 Å². The van der Waals surface area contributed by atoms with Crippen molar-refractivity contribution in [1.29, 1.82) is 0 Å². The Morgan fingerprint density at radius 3 is 1.98 bits per heavy atom. The zero-order valence-electron chi connectivity index (χ0n) is 30.8. The van der Waals surface area contributed by atoms with Crippen molar-refractivity contribution < 1.29 is 4.42 Å². The number of benzene rings is 9. The van der Waals surface area contributed by atoms with Crippen LogP contribution in [0.3, 0.4) is 0 Å². The van der Waals surface area contributed by atoms with Gasteiger partial charge in [-0.1, -0.05) is 153 Å². The molecule has 0 aliphatic heterocycles. The van der Waals surface area contributed by atoms with Crippen molar-refractivity contribution in [2.45, 2.75) is 19.3 Å². The number of furan rings is 1. The third-order valence-electron chi connectivity index (χ3n) is 11.8. The largest absolute Gasteiger partial charge is 0.455 e. The molecule has 0 radical (unpaired) electrons. The average molecular weight is 704 g/mol. The maximum absolute atomic E-state index is 6.63. The minimum Gasteiger partial charge on any atom is -0.455 e. The van der Waals surface area contributed by atoms with Gasteiger partial charge in [-0.15, -0.1) is 0 Å². The fraction of sp³-hybridized carbons (Fsp3) is 0.0566. The molecule has 0 unspecified atom stereocenters. The summed E-state index contributed by atoms with van der Waals surface area (Å²) in [5.41, 5.74) is 15.2. The van der Waals surface area contributed by atoms with Gasteiger partial charge in [-0.3, -0.25) is 0 Å². The number of anilines is 3. The highest BCUT2D eigenvalue weighted by atomic mass is 16.3. The van der Waals surface area contributed by atoms with Gasteiger partial charge < -0.3 is 9.32 Å². The first-order valence-electron chi connectivity index (χ1n) is 19.1. The molecule has 10 aromatic rings. The number of hydrogen-bond donors (Lipinski definition) is 0. The molecule has 0 bridgehead atoms. The Balaban J connectivity index is 1.13. The van der Waals surface area contributed by atoms with Gasteiger partial charge in [0.2, 0.25) is 0 Å². The second kappa shape index (κ2) is 12.1. The lowest BCUT2D eigenvalue weighted by atomic mass is 9.82. The molecule has 0 saturated heterocycles. The summed E-state index contributed by atoms with van der Waals surface area (Å²) in [7, 11) is 0. The minimum absolute atomic E-state index is 0.115. The van der Waals surface area contributed by atoms with Gasteiger partial charge in [0, 0.05) is 38.3 Å². The van der Waals surface area contributed by atoms with Crippen LogP contribution in [0.4, 0.5) is 17.1 Å². The Labute approximate surface area is 320 Å². The van der Waals surface area contributed by atoms with Crippen LogP contribution in [-0.4, -0.2) is 0 Å². The summed E-state index contributed by atoms with van der Waals surface area (Å²) >= 11 is 0. The number of fused-ring (bicyclic) bond motifs is 9. The topological polar surface area (TPSA) is 16.4 Å². The number of hydrogen-bond acceptors (Lipinski definition) is 2. The van der Waals surface area contributed by atoms with Crippen molar-refractivity contribution in [3.63, 3.8) is 0 Å². The van der Waals surface area contributed by atoms with Gasteiger partial charge in [-0.25, -0.2) is 0 Å². The van der Waals surface area contributed by atoms with Crippen molar-refractivity contribution in [3.8, 4) is 33.4 Å². The number of rotatable bonds is 5. The van der Waals surface area contributed by atoms with Gasteiger partial charge in [0.15, 0.2) is 0 Å². The molecule has 260 valence electrons. The number of nitrogens with zero attached hydrogens (tertiary/aromatic N) is 1. The van der Waals surface area contributed by atoms with Crippen LogP contribution < -0.4 is 4.90 Å². The minimum atomic E-state index is -0.115. The van der Waals surface area contributed by atoms with E-state index in [4.69, 9.17) is 4.42 Å². The zero-order valence-corrected chi connectivity index (χ0v) is 30.8. The van der Waals surface area contributed by atoms with Crippen molar-refractivity contribution in [2.75, 3.05) is 4.90 Å². The molecule has 1 aromatic heterocycles. The summed E-state index contributed by atoms with van der Waals surface area (Å²) in [4.78, 5) is 2.45. The molecule has 1 aliphatic rings. The fourth-order valence-corrected chi connectivity index (χ4v) is 9.12. The van der Waals surface area contributed by atoms with E-state index in [1.165, 1.54) is 55.1 Å². The Bertz CT molecular complexity index is 3130. The maximum atomic E-state index is 6.63. The van der Waals surface area contributed by atoms with E-state index in [0.717, 1.165) is 50.0 Å². The Morgan fingerprint density at radius 1 is 0.400 bits per heavy atom. The molecule has 2 heteroatoms. The molecule has 0 N–H and O–H groups in total. The lowest BCUT2D eigenvalue weighted by molar-refractivity contribution is 0.660. The molecule has 1 aliphatic carbocycles. The molecule has 0 amide bonds. The Hall–Kier alpha value is -6.90. The highest BCUT2D eigenvalue weighted by Gasteiger charge is 2.35. The molecule has 0 saturated carbocycles. The second-order valence-corrected chi connectivity index (χ2v) is 15.3. The first-order chi connectivity index (χ1) is 27.0. The van der Waals surface area contributed by atoms with Crippen LogP contribution >= 0.6 is 0 Å².